The summed E-state index contributed by atoms with van der Waals surface area (Å²) in [6, 6.07) is 2.04. The zero-order valence-corrected chi connectivity index (χ0v) is 11.3. The Balaban J connectivity index is 2.17. The maximum atomic E-state index is 12.1. The minimum atomic E-state index is 0.0320. The van der Waals surface area contributed by atoms with Crippen molar-refractivity contribution in [1.82, 2.24) is 5.06 Å². The summed E-state index contributed by atoms with van der Waals surface area (Å²) in [5.74, 6) is 0.0320. The van der Waals surface area contributed by atoms with E-state index in [1.807, 2.05) is 6.07 Å². The smallest absolute Gasteiger partial charge is 0.271 e. The van der Waals surface area contributed by atoms with Crippen molar-refractivity contribution in [3.05, 3.63) is 21.4 Å². The molecule has 3 nitrogen and oxygen atoms in total. The van der Waals surface area contributed by atoms with Crippen LogP contribution in [0.3, 0.4) is 0 Å². The molecule has 0 N–H and O–H groups in total. The van der Waals surface area contributed by atoms with Crippen LogP contribution in [0.4, 0.5) is 0 Å². The van der Waals surface area contributed by atoms with E-state index in [0.717, 1.165) is 37.1 Å². The Morgan fingerprint density at radius 2 is 2.35 bits per heavy atom. The third-order valence-electron chi connectivity index (χ3n) is 2.94. The molecule has 0 radical (unpaired) electrons. The lowest BCUT2D eigenvalue weighted by atomic mass is 10.1. The zero-order valence-electron chi connectivity index (χ0n) is 10.5. The van der Waals surface area contributed by atoms with Gasteiger partial charge < -0.3 is 0 Å². The quantitative estimate of drug-likeness (QED) is 0.825. The van der Waals surface area contributed by atoms with Gasteiger partial charge in [-0.3, -0.25) is 9.63 Å². The van der Waals surface area contributed by atoms with Gasteiger partial charge in [0.15, 0.2) is 0 Å². The number of hydroxylamine groups is 2. The molecule has 1 amide bonds. The lowest BCUT2D eigenvalue weighted by Crippen LogP contribution is -2.25. The second-order valence-electron chi connectivity index (χ2n) is 4.26. The largest absolute Gasteiger partial charge is 0.287 e. The Bertz CT molecular complexity index is 394. The van der Waals surface area contributed by atoms with Crippen molar-refractivity contribution in [2.24, 2.45) is 0 Å². The second kappa shape index (κ2) is 5.65. The monoisotopic (exact) mass is 253 g/mol. The molecule has 1 aromatic heterocycles. The number of thiophene rings is 1. The number of amides is 1. The van der Waals surface area contributed by atoms with E-state index in [2.05, 4.69) is 13.8 Å². The summed E-state index contributed by atoms with van der Waals surface area (Å²) in [5.41, 5.74) is 1.32. The van der Waals surface area contributed by atoms with Crippen LogP contribution in [0.25, 0.3) is 0 Å². The van der Waals surface area contributed by atoms with Crippen molar-refractivity contribution in [3.8, 4) is 0 Å². The average molecular weight is 253 g/mol. The summed E-state index contributed by atoms with van der Waals surface area (Å²) in [5, 5.41) is 1.50. The molecule has 0 atom stereocenters. The van der Waals surface area contributed by atoms with Crippen molar-refractivity contribution < 1.29 is 9.63 Å². The van der Waals surface area contributed by atoms with E-state index in [1.54, 1.807) is 11.3 Å². The number of rotatable bonds is 4. The van der Waals surface area contributed by atoms with Crippen LogP contribution >= 0.6 is 11.3 Å². The maximum absolute atomic E-state index is 12.1. The molecule has 1 saturated heterocycles. The Hall–Kier alpha value is -0.870. The van der Waals surface area contributed by atoms with Crippen LogP contribution in [-0.4, -0.2) is 24.1 Å². The molecule has 2 rings (SSSR count). The first-order valence-electron chi connectivity index (χ1n) is 6.32. The van der Waals surface area contributed by atoms with Crippen molar-refractivity contribution in [2.75, 3.05) is 13.2 Å². The normalized spacial score (nSPS) is 15.5. The van der Waals surface area contributed by atoms with Crippen LogP contribution in [0.1, 0.15) is 46.8 Å². The molecule has 0 aromatic carbocycles. The van der Waals surface area contributed by atoms with E-state index < -0.39 is 0 Å². The maximum Gasteiger partial charge on any atom is 0.287 e. The number of carbonyl (C=O) groups is 1. The fourth-order valence-electron chi connectivity index (χ4n) is 2.04. The van der Waals surface area contributed by atoms with Crippen LogP contribution in [0.15, 0.2) is 6.07 Å². The van der Waals surface area contributed by atoms with Crippen LogP contribution in [-0.2, 0) is 17.7 Å². The fourth-order valence-corrected chi connectivity index (χ4v) is 3.34. The van der Waals surface area contributed by atoms with Crippen molar-refractivity contribution >= 4 is 17.2 Å². The van der Waals surface area contributed by atoms with Gasteiger partial charge in [-0.2, -0.15) is 0 Å². The molecular weight excluding hydrogens is 234 g/mol. The van der Waals surface area contributed by atoms with Crippen LogP contribution in [0, 0.1) is 0 Å². The van der Waals surface area contributed by atoms with Crippen molar-refractivity contribution in [3.63, 3.8) is 0 Å². The minimum absolute atomic E-state index is 0.0320. The lowest BCUT2D eigenvalue weighted by Gasteiger charge is -2.11. The van der Waals surface area contributed by atoms with Gasteiger partial charge in [0.25, 0.3) is 5.91 Å². The van der Waals surface area contributed by atoms with Gasteiger partial charge in [-0.15, -0.1) is 11.3 Å². The Labute approximate surface area is 106 Å². The van der Waals surface area contributed by atoms with Gasteiger partial charge in [-0.1, -0.05) is 20.3 Å². The predicted octanol–water partition coefficient (Wildman–Crippen LogP) is 3.04. The van der Waals surface area contributed by atoms with Gasteiger partial charge in [0.05, 0.1) is 18.0 Å². The fraction of sp³-hybridized carbons (Fsp3) is 0.615. The third kappa shape index (κ3) is 2.69. The molecule has 1 aliphatic rings. The highest BCUT2D eigenvalue weighted by Crippen LogP contribution is 2.26. The molecule has 1 aliphatic heterocycles. The second-order valence-corrected chi connectivity index (χ2v) is 5.39. The molecule has 0 spiro atoms. The van der Waals surface area contributed by atoms with E-state index in [-0.39, 0.29) is 5.91 Å². The Morgan fingerprint density at radius 3 is 2.94 bits per heavy atom. The number of carbonyl (C=O) groups excluding carboxylic acids is 1. The molecule has 17 heavy (non-hydrogen) atoms. The van der Waals surface area contributed by atoms with E-state index in [0.29, 0.717) is 6.61 Å². The van der Waals surface area contributed by atoms with Gasteiger partial charge >= 0.3 is 0 Å². The van der Waals surface area contributed by atoms with Crippen LogP contribution in [0.5, 0.6) is 0 Å². The van der Waals surface area contributed by atoms with Gasteiger partial charge in [-0.05, 0) is 30.9 Å². The summed E-state index contributed by atoms with van der Waals surface area (Å²) in [6.45, 7) is 5.70. The average Bonchev–Trinajstić information content (AvgIpc) is 2.97. The number of hydrogen-bond acceptors (Lipinski definition) is 3. The minimum Gasteiger partial charge on any atom is -0.271 e. The zero-order chi connectivity index (χ0) is 12.3. The van der Waals surface area contributed by atoms with Crippen molar-refractivity contribution in [2.45, 2.75) is 39.5 Å². The first kappa shape index (κ1) is 12.6. The SMILES string of the molecule is CCCc1sc(C(=O)N2CCCO2)cc1CC. The van der Waals surface area contributed by atoms with E-state index in [9.17, 15) is 4.79 Å². The first-order chi connectivity index (χ1) is 8.26. The van der Waals surface area contributed by atoms with E-state index >= 15 is 0 Å². The molecular formula is C13H19NO2S. The highest BCUT2D eigenvalue weighted by atomic mass is 32.1. The highest BCUT2D eigenvalue weighted by Gasteiger charge is 2.23. The standard InChI is InChI=1S/C13H19NO2S/c1-3-6-11-10(4-2)9-12(17-11)13(15)14-7-5-8-16-14/h9H,3-8H2,1-2H3. The Kier molecular flexibility index (Phi) is 4.18. The van der Waals surface area contributed by atoms with Crippen molar-refractivity contribution in [1.29, 1.82) is 0 Å². The van der Waals surface area contributed by atoms with E-state index in [4.69, 9.17) is 4.84 Å². The molecule has 1 aromatic rings. The summed E-state index contributed by atoms with van der Waals surface area (Å²) < 4.78 is 0. The molecule has 2 heterocycles. The molecule has 0 saturated carbocycles. The van der Waals surface area contributed by atoms with Gasteiger partial charge in [-0.25, -0.2) is 5.06 Å². The summed E-state index contributed by atoms with van der Waals surface area (Å²) >= 11 is 1.63. The number of nitrogens with zero attached hydrogens (tertiary/aromatic N) is 1. The lowest BCUT2D eigenvalue weighted by molar-refractivity contribution is -0.0765. The molecule has 0 bridgehead atoms. The van der Waals surface area contributed by atoms with E-state index in [1.165, 1.54) is 15.5 Å². The van der Waals surface area contributed by atoms with Gasteiger partial charge in [0.2, 0.25) is 0 Å². The topological polar surface area (TPSA) is 29.5 Å². The first-order valence-corrected chi connectivity index (χ1v) is 7.14. The molecule has 4 heteroatoms. The van der Waals surface area contributed by atoms with Gasteiger partial charge in [0.1, 0.15) is 0 Å². The third-order valence-corrected chi connectivity index (χ3v) is 4.17. The summed E-state index contributed by atoms with van der Waals surface area (Å²) in [7, 11) is 0. The molecule has 0 unspecified atom stereocenters. The van der Waals surface area contributed by atoms with Crippen LogP contribution < -0.4 is 0 Å². The van der Waals surface area contributed by atoms with Gasteiger partial charge in [0, 0.05) is 4.88 Å². The molecule has 0 aliphatic carbocycles. The Morgan fingerprint density at radius 1 is 1.53 bits per heavy atom. The molecule has 1 fully saturated rings. The van der Waals surface area contributed by atoms with Crippen LogP contribution in [0.2, 0.25) is 0 Å². The predicted molar refractivity (Wildman–Crippen MR) is 69.3 cm³/mol. The summed E-state index contributed by atoms with van der Waals surface area (Å²) in [4.78, 5) is 19.6. The molecule has 94 valence electrons. The summed E-state index contributed by atoms with van der Waals surface area (Å²) in [6.07, 6.45) is 4.14. The number of hydrogen-bond donors (Lipinski definition) is 0. The highest BCUT2D eigenvalue weighted by molar-refractivity contribution is 7.14. The number of aryl methyl sites for hydroxylation is 2.